The third-order valence-electron chi connectivity index (χ3n) is 5.86. The first kappa shape index (κ1) is 24.4. The number of amides is 1. The van der Waals surface area contributed by atoms with Crippen LogP contribution in [0.3, 0.4) is 0 Å². The largest absolute Gasteiger partial charge is 0.494 e. The minimum absolute atomic E-state index is 0.302. The fourth-order valence-electron chi connectivity index (χ4n) is 4.07. The van der Waals surface area contributed by atoms with E-state index in [9.17, 15) is 9.18 Å². The van der Waals surface area contributed by atoms with Gasteiger partial charge in [0.05, 0.1) is 29.7 Å². The van der Waals surface area contributed by atoms with Crippen LogP contribution in [0.4, 0.5) is 27.4 Å². The van der Waals surface area contributed by atoms with Gasteiger partial charge in [0.2, 0.25) is 11.9 Å². The van der Waals surface area contributed by atoms with Crippen molar-refractivity contribution in [2.24, 2.45) is 4.99 Å². The molecular weight excluding hydrogens is 485 g/mol. The van der Waals surface area contributed by atoms with Crippen molar-refractivity contribution in [3.05, 3.63) is 97.5 Å². The number of ether oxygens (including phenoxy) is 1. The molecule has 0 spiro atoms. The Hall–Kier alpha value is -5.25. The van der Waals surface area contributed by atoms with Crippen molar-refractivity contribution in [3.63, 3.8) is 0 Å². The van der Waals surface area contributed by atoms with Gasteiger partial charge in [-0.05, 0) is 55.5 Å². The van der Waals surface area contributed by atoms with Crippen LogP contribution in [-0.4, -0.2) is 33.8 Å². The number of allylic oxidation sites excluding steroid dienone is 2. The van der Waals surface area contributed by atoms with Crippen molar-refractivity contribution >= 4 is 46.0 Å². The summed E-state index contributed by atoms with van der Waals surface area (Å²) in [6, 6.07) is 11.7. The molecule has 0 bridgehead atoms. The highest BCUT2D eigenvalue weighted by molar-refractivity contribution is 6.02. The Morgan fingerprint density at radius 1 is 1.16 bits per heavy atom. The average Bonchev–Trinajstić information content (AvgIpc) is 3.22. The number of rotatable bonds is 7. The smallest absolute Gasteiger partial charge is 0.247 e. The number of aromatic nitrogens is 3. The number of carbonyl (C=O) groups is 1. The van der Waals surface area contributed by atoms with E-state index in [1.807, 2.05) is 34.9 Å². The molecule has 2 aromatic carbocycles. The van der Waals surface area contributed by atoms with Crippen molar-refractivity contribution in [1.82, 2.24) is 14.5 Å². The Morgan fingerprint density at radius 2 is 2.03 bits per heavy atom. The summed E-state index contributed by atoms with van der Waals surface area (Å²) in [5.74, 6) is 0.726. The molecule has 9 nitrogen and oxygen atoms in total. The highest BCUT2D eigenvalue weighted by Gasteiger charge is 2.19. The van der Waals surface area contributed by atoms with Gasteiger partial charge in [-0.2, -0.15) is 4.98 Å². The molecule has 0 radical (unpaired) electrons. The lowest BCUT2D eigenvalue weighted by atomic mass is 10.1. The summed E-state index contributed by atoms with van der Waals surface area (Å²) in [6.07, 6.45) is 11.7. The minimum atomic E-state index is -0.367. The Morgan fingerprint density at radius 3 is 2.84 bits per heavy atom. The van der Waals surface area contributed by atoms with Crippen LogP contribution in [0.25, 0.3) is 16.7 Å². The number of methoxy groups -OCH3 is 1. The summed E-state index contributed by atoms with van der Waals surface area (Å²) in [6.45, 7) is 5.46. The molecule has 0 saturated carbocycles. The van der Waals surface area contributed by atoms with Gasteiger partial charge in [-0.3, -0.25) is 9.79 Å². The zero-order valence-electron chi connectivity index (χ0n) is 20.7. The van der Waals surface area contributed by atoms with E-state index in [-0.39, 0.29) is 11.7 Å². The first-order valence-electron chi connectivity index (χ1n) is 11.7. The summed E-state index contributed by atoms with van der Waals surface area (Å²) < 4.78 is 21.2. The molecule has 10 heteroatoms. The maximum atomic E-state index is 13.6. The molecule has 4 aromatic rings. The number of hydrogen-bond donors (Lipinski definition) is 2. The van der Waals surface area contributed by atoms with Crippen LogP contribution in [0.2, 0.25) is 0 Å². The number of hydrogen-bond acceptors (Lipinski definition) is 7. The van der Waals surface area contributed by atoms with E-state index in [2.05, 4.69) is 32.2 Å². The molecule has 1 aliphatic heterocycles. The number of fused-ring (bicyclic) bond motifs is 1. The second kappa shape index (κ2) is 10.4. The van der Waals surface area contributed by atoms with Gasteiger partial charge in [0.15, 0.2) is 0 Å². The third kappa shape index (κ3) is 4.87. The summed E-state index contributed by atoms with van der Waals surface area (Å²) >= 11 is 0. The maximum Gasteiger partial charge on any atom is 0.247 e. The molecular formula is C28H24FN7O2. The molecule has 2 aromatic heterocycles. The molecule has 0 fully saturated rings. The summed E-state index contributed by atoms with van der Waals surface area (Å²) in [7, 11) is 1.55. The predicted molar refractivity (Wildman–Crippen MR) is 148 cm³/mol. The normalized spacial score (nSPS) is 12.7. The van der Waals surface area contributed by atoms with Crippen LogP contribution in [-0.2, 0) is 4.79 Å². The first-order valence-corrected chi connectivity index (χ1v) is 11.7. The highest BCUT2D eigenvalue weighted by Crippen LogP contribution is 2.40. The van der Waals surface area contributed by atoms with E-state index >= 15 is 0 Å². The zero-order chi connectivity index (χ0) is 26.6. The minimum Gasteiger partial charge on any atom is -0.494 e. The zero-order valence-corrected chi connectivity index (χ0v) is 20.7. The van der Waals surface area contributed by atoms with Crippen molar-refractivity contribution in [3.8, 4) is 11.6 Å². The summed E-state index contributed by atoms with van der Waals surface area (Å²) in [4.78, 5) is 27.4. The van der Waals surface area contributed by atoms with Crippen molar-refractivity contribution in [1.29, 1.82) is 0 Å². The summed E-state index contributed by atoms with van der Waals surface area (Å²) in [5, 5.41) is 6.82. The number of aliphatic imine (C=N–C) groups is 1. The van der Waals surface area contributed by atoms with Gasteiger partial charge >= 0.3 is 0 Å². The number of halogens is 1. The van der Waals surface area contributed by atoms with Gasteiger partial charge in [0, 0.05) is 48.2 Å². The van der Waals surface area contributed by atoms with E-state index in [0.717, 1.165) is 16.6 Å². The molecule has 38 heavy (non-hydrogen) atoms. The van der Waals surface area contributed by atoms with Crippen molar-refractivity contribution in [2.75, 3.05) is 22.6 Å². The van der Waals surface area contributed by atoms with Gasteiger partial charge < -0.3 is 24.8 Å². The maximum absolute atomic E-state index is 13.6. The number of benzene rings is 2. The fourth-order valence-corrected chi connectivity index (χ4v) is 4.07. The molecule has 0 aliphatic carbocycles. The SMILES string of the molecule is C=CC(=O)Nc1cc(Nc2nccc(-n3ccc4cc(F)ccc43)n2)c(OC)cc1N1C=CC=NC=C1C. The first-order chi connectivity index (χ1) is 18.5. The lowest BCUT2D eigenvalue weighted by molar-refractivity contribution is -0.111. The molecule has 0 unspecified atom stereocenters. The van der Waals surface area contributed by atoms with E-state index < -0.39 is 0 Å². The predicted octanol–water partition coefficient (Wildman–Crippen LogP) is 5.70. The Bertz CT molecular complexity index is 1640. The lowest BCUT2D eigenvalue weighted by Gasteiger charge is -2.25. The van der Waals surface area contributed by atoms with Gasteiger partial charge in [-0.25, -0.2) is 9.37 Å². The Kier molecular flexibility index (Phi) is 6.68. The van der Waals surface area contributed by atoms with Gasteiger partial charge in [0.1, 0.15) is 17.4 Å². The topological polar surface area (TPSA) is 96.7 Å². The van der Waals surface area contributed by atoms with Gasteiger partial charge in [0.25, 0.3) is 0 Å². The Balaban J connectivity index is 1.54. The third-order valence-corrected chi connectivity index (χ3v) is 5.86. The molecule has 1 amide bonds. The lowest BCUT2D eigenvalue weighted by Crippen LogP contribution is -2.17. The van der Waals surface area contributed by atoms with Crippen LogP contribution in [0.1, 0.15) is 6.92 Å². The highest BCUT2D eigenvalue weighted by atomic mass is 19.1. The fraction of sp³-hybridized carbons (Fsp3) is 0.0714. The van der Waals surface area contributed by atoms with E-state index in [1.54, 1.807) is 56.1 Å². The quantitative estimate of drug-likeness (QED) is 0.310. The standard InChI is InChI=1S/C28H24FN7O2/c1-4-27(37)32-21-15-22(25(38-3)16-24(21)35-12-5-10-30-17-18(35)2)33-28-31-11-8-26(34-28)36-13-9-19-14-20(29)6-7-23(19)36/h4-17H,1H2,2-3H3,(H,32,37)(H,31,33,34). The van der Waals surface area contributed by atoms with Crippen molar-refractivity contribution in [2.45, 2.75) is 6.92 Å². The van der Waals surface area contributed by atoms with Crippen molar-refractivity contribution < 1.29 is 13.9 Å². The number of anilines is 4. The molecule has 0 atom stereocenters. The number of carbonyl (C=O) groups excluding carboxylic acids is 1. The molecule has 2 N–H and O–H groups in total. The Labute approximate surface area is 218 Å². The van der Waals surface area contributed by atoms with Crippen LogP contribution in [0, 0.1) is 5.82 Å². The summed E-state index contributed by atoms with van der Waals surface area (Å²) in [5.41, 5.74) is 3.35. The molecule has 1 aliphatic rings. The van der Waals surface area contributed by atoms with Gasteiger partial charge in [-0.1, -0.05) is 6.58 Å². The molecule has 0 saturated heterocycles. The molecule has 5 rings (SSSR count). The van der Waals surface area contributed by atoms with Crippen LogP contribution in [0.5, 0.6) is 5.75 Å². The van der Waals surface area contributed by atoms with E-state index in [0.29, 0.717) is 34.6 Å². The van der Waals surface area contributed by atoms with E-state index in [1.165, 1.54) is 18.2 Å². The monoisotopic (exact) mass is 509 g/mol. The number of nitrogens with one attached hydrogen (secondary N) is 2. The van der Waals surface area contributed by atoms with Crippen LogP contribution in [0.15, 0.2) is 96.7 Å². The average molecular weight is 510 g/mol. The van der Waals surface area contributed by atoms with Crippen LogP contribution >= 0.6 is 0 Å². The van der Waals surface area contributed by atoms with Crippen LogP contribution < -0.4 is 20.3 Å². The van der Waals surface area contributed by atoms with E-state index in [4.69, 9.17) is 4.74 Å². The number of nitrogens with zero attached hydrogens (tertiary/aromatic N) is 5. The second-order valence-electron chi connectivity index (χ2n) is 8.30. The van der Waals surface area contributed by atoms with Gasteiger partial charge in [-0.15, -0.1) is 0 Å². The molecule has 190 valence electrons. The second-order valence-corrected chi connectivity index (χ2v) is 8.30. The molecule has 3 heterocycles.